The van der Waals surface area contributed by atoms with Crippen molar-refractivity contribution in [3.63, 3.8) is 0 Å². The Hall–Kier alpha value is -1.90. The molecule has 0 radical (unpaired) electrons. The van der Waals surface area contributed by atoms with Crippen molar-refractivity contribution in [2.24, 2.45) is 0 Å². The normalized spacial score (nSPS) is 17.2. The van der Waals surface area contributed by atoms with Gasteiger partial charge in [-0.2, -0.15) is 4.31 Å². The van der Waals surface area contributed by atoms with Gasteiger partial charge in [0, 0.05) is 31.6 Å². The number of nitrogens with zero attached hydrogens (tertiary/aromatic N) is 3. The first-order valence-electron chi connectivity index (χ1n) is 9.02. The van der Waals surface area contributed by atoms with E-state index in [0.29, 0.717) is 49.3 Å². The van der Waals surface area contributed by atoms with Crippen LogP contribution >= 0.6 is 0 Å². The molecule has 1 fully saturated rings. The van der Waals surface area contributed by atoms with Gasteiger partial charge in [0.05, 0.1) is 24.7 Å². The summed E-state index contributed by atoms with van der Waals surface area (Å²) in [5, 5.41) is 0. The molecule has 0 N–H and O–H groups in total. The first-order valence-corrected chi connectivity index (χ1v) is 10.5. The second kappa shape index (κ2) is 7.61. The Morgan fingerprint density at radius 1 is 1.11 bits per heavy atom. The minimum absolute atomic E-state index is 0.0730. The highest BCUT2D eigenvalue weighted by molar-refractivity contribution is 7.89. The standard InChI is InChI=1S/C19H27N3O4S/c1-19(2,3)17-13-20-18(26-17)14-21-9-11-22(12-10-21)27(23,24)16-7-5-15(25-4)6-8-16/h5-8,13H,9-12,14H2,1-4H3. The lowest BCUT2D eigenvalue weighted by atomic mass is 9.94. The number of oxazole rings is 1. The van der Waals surface area contributed by atoms with E-state index in [1.807, 2.05) is 0 Å². The highest BCUT2D eigenvalue weighted by Gasteiger charge is 2.29. The molecule has 1 saturated heterocycles. The Bertz CT molecular complexity index is 861. The number of piperazine rings is 1. The number of rotatable bonds is 5. The topological polar surface area (TPSA) is 75.9 Å². The first-order chi connectivity index (χ1) is 12.7. The van der Waals surface area contributed by atoms with Gasteiger partial charge in [0.25, 0.3) is 0 Å². The number of methoxy groups -OCH3 is 1. The van der Waals surface area contributed by atoms with Crippen molar-refractivity contribution in [2.45, 2.75) is 37.6 Å². The first kappa shape index (κ1) is 19.9. The smallest absolute Gasteiger partial charge is 0.243 e. The van der Waals surface area contributed by atoms with Crippen LogP contribution in [-0.2, 0) is 22.0 Å². The van der Waals surface area contributed by atoms with E-state index in [0.717, 1.165) is 5.76 Å². The summed E-state index contributed by atoms with van der Waals surface area (Å²) in [7, 11) is -1.93. The Labute approximate surface area is 161 Å². The summed E-state index contributed by atoms with van der Waals surface area (Å²) < 4.78 is 38.1. The average Bonchev–Trinajstić information content (AvgIpc) is 3.11. The Morgan fingerprint density at radius 2 is 1.74 bits per heavy atom. The van der Waals surface area contributed by atoms with Gasteiger partial charge in [-0.1, -0.05) is 20.8 Å². The SMILES string of the molecule is COc1ccc(S(=O)(=O)N2CCN(Cc3ncc(C(C)(C)C)o3)CC2)cc1. The fourth-order valence-corrected chi connectivity index (χ4v) is 4.37. The maximum atomic E-state index is 12.8. The zero-order valence-electron chi connectivity index (χ0n) is 16.3. The van der Waals surface area contributed by atoms with Gasteiger partial charge in [0.15, 0.2) is 0 Å². The van der Waals surface area contributed by atoms with E-state index in [2.05, 4.69) is 30.7 Å². The molecule has 1 aromatic carbocycles. The zero-order valence-corrected chi connectivity index (χ0v) is 17.1. The number of ether oxygens (including phenoxy) is 1. The van der Waals surface area contributed by atoms with Crippen LogP contribution in [0.25, 0.3) is 0 Å². The molecular weight excluding hydrogens is 366 g/mol. The molecule has 1 aromatic heterocycles. The molecule has 0 spiro atoms. The third-order valence-electron chi connectivity index (χ3n) is 4.68. The van der Waals surface area contributed by atoms with Crippen molar-refractivity contribution >= 4 is 10.0 Å². The fraction of sp³-hybridized carbons (Fsp3) is 0.526. The summed E-state index contributed by atoms with van der Waals surface area (Å²) in [6, 6.07) is 6.50. The van der Waals surface area contributed by atoms with Gasteiger partial charge in [0.2, 0.25) is 15.9 Å². The van der Waals surface area contributed by atoms with Crippen molar-refractivity contribution in [1.29, 1.82) is 0 Å². The summed E-state index contributed by atoms with van der Waals surface area (Å²) in [6.07, 6.45) is 1.78. The van der Waals surface area contributed by atoms with Crippen LogP contribution in [0.1, 0.15) is 32.4 Å². The summed E-state index contributed by atoms with van der Waals surface area (Å²) in [6.45, 7) is 9.01. The van der Waals surface area contributed by atoms with Gasteiger partial charge in [-0.3, -0.25) is 4.90 Å². The van der Waals surface area contributed by atoms with Gasteiger partial charge >= 0.3 is 0 Å². The van der Waals surface area contributed by atoms with Gasteiger partial charge in [-0.05, 0) is 24.3 Å². The van der Waals surface area contributed by atoms with E-state index in [1.54, 1.807) is 37.6 Å². The van der Waals surface area contributed by atoms with Crippen LogP contribution in [0.2, 0.25) is 0 Å². The molecule has 0 amide bonds. The lowest BCUT2D eigenvalue weighted by molar-refractivity contribution is 0.166. The molecule has 7 nitrogen and oxygen atoms in total. The molecule has 8 heteroatoms. The second-order valence-electron chi connectivity index (χ2n) is 7.72. The highest BCUT2D eigenvalue weighted by atomic mass is 32.2. The van der Waals surface area contributed by atoms with E-state index in [1.165, 1.54) is 4.31 Å². The second-order valence-corrected chi connectivity index (χ2v) is 9.66. The van der Waals surface area contributed by atoms with Crippen molar-refractivity contribution in [3.8, 4) is 5.75 Å². The summed E-state index contributed by atoms with van der Waals surface area (Å²) in [5.74, 6) is 2.17. The molecule has 0 aliphatic carbocycles. The van der Waals surface area contributed by atoms with E-state index in [-0.39, 0.29) is 5.41 Å². The van der Waals surface area contributed by atoms with E-state index in [4.69, 9.17) is 9.15 Å². The third kappa shape index (κ3) is 4.51. The molecule has 1 aliphatic rings. The van der Waals surface area contributed by atoms with Gasteiger partial charge < -0.3 is 9.15 Å². The monoisotopic (exact) mass is 393 g/mol. The minimum Gasteiger partial charge on any atom is -0.497 e. The number of aromatic nitrogens is 1. The largest absolute Gasteiger partial charge is 0.497 e. The maximum Gasteiger partial charge on any atom is 0.243 e. The average molecular weight is 394 g/mol. The van der Waals surface area contributed by atoms with Crippen LogP contribution in [0.3, 0.4) is 0 Å². The van der Waals surface area contributed by atoms with Gasteiger partial charge in [0.1, 0.15) is 11.5 Å². The number of hydrogen-bond acceptors (Lipinski definition) is 6. The van der Waals surface area contributed by atoms with Crippen LogP contribution in [0, 0.1) is 0 Å². The third-order valence-corrected chi connectivity index (χ3v) is 6.59. The number of sulfonamides is 1. The van der Waals surface area contributed by atoms with Crippen LogP contribution in [0.5, 0.6) is 5.75 Å². The predicted octanol–water partition coefficient (Wildman–Crippen LogP) is 2.49. The molecule has 3 rings (SSSR count). The zero-order chi connectivity index (χ0) is 19.7. The summed E-state index contributed by atoms with van der Waals surface area (Å²) >= 11 is 0. The van der Waals surface area contributed by atoms with Crippen LogP contribution in [-0.4, -0.2) is 55.9 Å². The highest BCUT2D eigenvalue weighted by Crippen LogP contribution is 2.24. The maximum absolute atomic E-state index is 12.8. The summed E-state index contributed by atoms with van der Waals surface area (Å²) in [4.78, 5) is 6.81. The fourth-order valence-electron chi connectivity index (χ4n) is 2.95. The lowest BCUT2D eigenvalue weighted by Crippen LogP contribution is -2.48. The summed E-state index contributed by atoms with van der Waals surface area (Å²) in [5.41, 5.74) is -0.0730. The molecule has 27 heavy (non-hydrogen) atoms. The molecule has 2 heterocycles. The van der Waals surface area contributed by atoms with E-state index < -0.39 is 10.0 Å². The molecule has 0 saturated carbocycles. The van der Waals surface area contributed by atoms with Crippen LogP contribution < -0.4 is 4.74 Å². The molecule has 1 aliphatic heterocycles. The Balaban J connectivity index is 1.60. The Kier molecular flexibility index (Phi) is 5.60. The molecule has 2 aromatic rings. The van der Waals surface area contributed by atoms with Gasteiger partial charge in [-0.25, -0.2) is 13.4 Å². The van der Waals surface area contributed by atoms with Crippen molar-refractivity contribution < 1.29 is 17.6 Å². The lowest BCUT2D eigenvalue weighted by Gasteiger charge is -2.33. The van der Waals surface area contributed by atoms with Crippen LogP contribution in [0.4, 0.5) is 0 Å². The quantitative estimate of drug-likeness (QED) is 0.777. The van der Waals surface area contributed by atoms with Crippen molar-refractivity contribution in [3.05, 3.63) is 42.1 Å². The van der Waals surface area contributed by atoms with E-state index >= 15 is 0 Å². The molecular formula is C19H27N3O4S. The predicted molar refractivity (Wildman–Crippen MR) is 102 cm³/mol. The molecule has 0 unspecified atom stereocenters. The van der Waals surface area contributed by atoms with Crippen molar-refractivity contribution in [2.75, 3.05) is 33.3 Å². The molecule has 0 bridgehead atoms. The number of benzene rings is 1. The molecule has 0 atom stereocenters. The van der Waals surface area contributed by atoms with Gasteiger partial charge in [-0.15, -0.1) is 0 Å². The Morgan fingerprint density at radius 3 is 2.26 bits per heavy atom. The number of hydrogen-bond donors (Lipinski definition) is 0. The molecule has 148 valence electrons. The van der Waals surface area contributed by atoms with Crippen molar-refractivity contribution in [1.82, 2.24) is 14.2 Å². The van der Waals surface area contributed by atoms with Crippen LogP contribution in [0.15, 0.2) is 39.8 Å². The minimum atomic E-state index is -3.49. The van der Waals surface area contributed by atoms with E-state index in [9.17, 15) is 8.42 Å².